The molecule has 0 aromatic rings. The van der Waals surface area contributed by atoms with E-state index >= 15 is 0 Å². The molecule has 0 aliphatic carbocycles. The molecule has 0 rings (SSSR count). The molecule has 5 nitrogen and oxygen atoms in total. The minimum Gasteiger partial charge on any atom is -0.394 e. The zero-order valence-electron chi connectivity index (χ0n) is 37.1. The molecule has 0 aromatic heterocycles. The summed E-state index contributed by atoms with van der Waals surface area (Å²) in [6, 6.07) is -0.745. The number of amides is 1. The van der Waals surface area contributed by atoms with Crippen molar-refractivity contribution in [3.05, 3.63) is 24.3 Å². The molecule has 0 aliphatic rings. The minimum absolute atomic E-state index is 0.00976. The fraction of sp³-hybridized carbons (Fsp3) is 0.900. The maximum atomic E-state index is 12.5. The first-order valence-corrected chi connectivity index (χ1v) is 24.6. The molecule has 0 saturated heterocycles. The molecule has 326 valence electrons. The molecule has 0 radical (unpaired) electrons. The van der Waals surface area contributed by atoms with Crippen LogP contribution in [0.5, 0.6) is 0 Å². The van der Waals surface area contributed by atoms with Gasteiger partial charge in [-0.15, -0.1) is 0 Å². The molecule has 4 N–H and O–H groups in total. The highest BCUT2D eigenvalue weighted by Crippen LogP contribution is 2.16. The van der Waals surface area contributed by atoms with Crippen LogP contribution < -0.4 is 5.32 Å². The number of hydrogen-bond acceptors (Lipinski definition) is 4. The normalized spacial score (nSPS) is 13.6. The minimum atomic E-state index is -0.930. The largest absolute Gasteiger partial charge is 0.394 e. The van der Waals surface area contributed by atoms with E-state index in [-0.39, 0.29) is 18.9 Å². The van der Waals surface area contributed by atoms with Crippen LogP contribution in [-0.2, 0) is 4.79 Å². The van der Waals surface area contributed by atoms with E-state index in [1.54, 1.807) is 6.08 Å². The predicted octanol–water partition coefficient (Wildman–Crippen LogP) is 14.6. The number of unbranched alkanes of at least 4 members (excludes halogenated alkanes) is 34. The summed E-state index contributed by atoms with van der Waals surface area (Å²) < 4.78 is 0. The van der Waals surface area contributed by atoms with Gasteiger partial charge >= 0.3 is 0 Å². The van der Waals surface area contributed by atoms with Gasteiger partial charge in [0.1, 0.15) is 0 Å². The van der Waals surface area contributed by atoms with Gasteiger partial charge in [-0.2, -0.15) is 0 Å². The first kappa shape index (κ1) is 53.8. The topological polar surface area (TPSA) is 89.8 Å². The van der Waals surface area contributed by atoms with Crippen LogP contribution in [0.15, 0.2) is 24.3 Å². The Morgan fingerprint density at radius 1 is 0.455 bits per heavy atom. The lowest BCUT2D eigenvalue weighted by atomic mass is 10.0. The Morgan fingerprint density at radius 2 is 0.764 bits per heavy atom. The molecule has 3 atom stereocenters. The standard InChI is InChI=1S/C50H97NO4/c1-3-5-7-9-11-13-15-17-19-20-21-22-23-24-25-26-27-28-30-32-34-36-38-40-42-44-49(54)48(46-52)51-50(55)45-47(53)43-41-39-37-35-33-31-29-18-16-14-12-10-8-6-4-2/h18,29,42,44,47-49,52-54H,3-17,19-28,30-41,43,45-46H2,1-2H3,(H,51,55)/b29-18-,44-42+. The summed E-state index contributed by atoms with van der Waals surface area (Å²) in [7, 11) is 0. The lowest BCUT2D eigenvalue weighted by Gasteiger charge is -2.21. The molecule has 0 bridgehead atoms. The SMILES string of the molecule is CCCCCCCC/C=C\CCCCCCCC(O)CC(=O)NC(CO)C(O)/C=C/CCCCCCCCCCCCCCCCCCCCCCCCC. The van der Waals surface area contributed by atoms with Crippen LogP contribution in [0.1, 0.15) is 264 Å². The van der Waals surface area contributed by atoms with Crippen molar-refractivity contribution >= 4 is 5.91 Å². The van der Waals surface area contributed by atoms with Crippen LogP contribution in [0.4, 0.5) is 0 Å². The Balaban J connectivity index is 3.60. The highest BCUT2D eigenvalue weighted by molar-refractivity contribution is 5.76. The van der Waals surface area contributed by atoms with E-state index in [1.165, 1.54) is 199 Å². The van der Waals surface area contributed by atoms with Crippen LogP contribution in [0.3, 0.4) is 0 Å². The Morgan fingerprint density at radius 3 is 1.11 bits per heavy atom. The van der Waals surface area contributed by atoms with E-state index in [9.17, 15) is 20.1 Å². The fourth-order valence-corrected chi connectivity index (χ4v) is 7.69. The van der Waals surface area contributed by atoms with Crippen molar-refractivity contribution < 1.29 is 20.1 Å². The van der Waals surface area contributed by atoms with Gasteiger partial charge < -0.3 is 20.6 Å². The molecule has 0 aromatic carbocycles. The predicted molar refractivity (Wildman–Crippen MR) is 241 cm³/mol. The van der Waals surface area contributed by atoms with Gasteiger partial charge in [0.05, 0.1) is 31.3 Å². The van der Waals surface area contributed by atoms with Gasteiger partial charge in [0.15, 0.2) is 0 Å². The second-order valence-electron chi connectivity index (χ2n) is 17.1. The Hall–Kier alpha value is -1.17. The van der Waals surface area contributed by atoms with Crippen molar-refractivity contribution in [3.8, 4) is 0 Å². The molecule has 0 saturated carbocycles. The van der Waals surface area contributed by atoms with E-state index in [2.05, 4.69) is 31.3 Å². The highest BCUT2D eigenvalue weighted by Gasteiger charge is 2.20. The zero-order chi connectivity index (χ0) is 40.1. The summed E-state index contributed by atoms with van der Waals surface area (Å²) in [6.07, 6.45) is 56.2. The van der Waals surface area contributed by atoms with E-state index in [1.807, 2.05) is 6.08 Å². The number of allylic oxidation sites excluding steroid dienone is 3. The van der Waals surface area contributed by atoms with E-state index in [0.29, 0.717) is 6.42 Å². The van der Waals surface area contributed by atoms with E-state index in [4.69, 9.17) is 0 Å². The maximum Gasteiger partial charge on any atom is 0.222 e. The molecule has 0 fully saturated rings. The average Bonchev–Trinajstić information content (AvgIpc) is 3.18. The van der Waals surface area contributed by atoms with Crippen molar-refractivity contribution in [3.63, 3.8) is 0 Å². The number of hydrogen-bond donors (Lipinski definition) is 4. The third-order valence-electron chi connectivity index (χ3n) is 11.5. The Kier molecular flexibility index (Phi) is 44.6. The van der Waals surface area contributed by atoms with Crippen molar-refractivity contribution in [2.24, 2.45) is 0 Å². The van der Waals surface area contributed by atoms with Crippen LogP contribution in [0.2, 0.25) is 0 Å². The monoisotopic (exact) mass is 776 g/mol. The van der Waals surface area contributed by atoms with Gasteiger partial charge in [-0.3, -0.25) is 4.79 Å². The maximum absolute atomic E-state index is 12.5. The summed E-state index contributed by atoms with van der Waals surface area (Å²) in [5.74, 6) is -0.318. The third kappa shape index (κ3) is 42.3. The van der Waals surface area contributed by atoms with Crippen LogP contribution >= 0.6 is 0 Å². The Labute approximate surface area is 343 Å². The average molecular weight is 776 g/mol. The Bertz CT molecular complexity index is 814. The number of aliphatic hydroxyl groups is 3. The molecular formula is C50H97NO4. The van der Waals surface area contributed by atoms with Crippen LogP contribution in [-0.4, -0.2) is 46.1 Å². The summed E-state index contributed by atoms with van der Waals surface area (Å²) in [5, 5.41) is 33.3. The van der Waals surface area contributed by atoms with Crippen molar-refractivity contribution in [2.75, 3.05) is 6.61 Å². The quantitative estimate of drug-likeness (QED) is 0.0366. The van der Waals surface area contributed by atoms with E-state index in [0.717, 1.165) is 38.5 Å². The second kappa shape index (κ2) is 45.5. The number of nitrogens with one attached hydrogen (secondary N) is 1. The van der Waals surface area contributed by atoms with Crippen LogP contribution in [0, 0.1) is 0 Å². The number of rotatable bonds is 45. The number of carbonyl (C=O) groups is 1. The van der Waals surface area contributed by atoms with Gasteiger partial charge in [-0.1, -0.05) is 237 Å². The third-order valence-corrected chi connectivity index (χ3v) is 11.5. The van der Waals surface area contributed by atoms with E-state index < -0.39 is 18.2 Å². The summed E-state index contributed by atoms with van der Waals surface area (Å²) >= 11 is 0. The number of aliphatic hydroxyl groups excluding tert-OH is 3. The van der Waals surface area contributed by atoms with Gasteiger partial charge in [-0.25, -0.2) is 0 Å². The molecule has 0 heterocycles. The smallest absolute Gasteiger partial charge is 0.222 e. The van der Waals surface area contributed by atoms with Gasteiger partial charge in [0.2, 0.25) is 5.91 Å². The zero-order valence-corrected chi connectivity index (χ0v) is 37.1. The molecule has 0 aliphatic heterocycles. The first-order valence-electron chi connectivity index (χ1n) is 24.6. The van der Waals surface area contributed by atoms with Gasteiger partial charge in [0, 0.05) is 0 Å². The van der Waals surface area contributed by atoms with Gasteiger partial charge in [0.25, 0.3) is 0 Å². The summed E-state index contributed by atoms with van der Waals surface area (Å²) in [4.78, 5) is 12.5. The second-order valence-corrected chi connectivity index (χ2v) is 17.1. The molecule has 3 unspecified atom stereocenters. The van der Waals surface area contributed by atoms with Crippen molar-refractivity contribution in [1.29, 1.82) is 0 Å². The highest BCUT2D eigenvalue weighted by atomic mass is 16.3. The van der Waals surface area contributed by atoms with Crippen molar-refractivity contribution in [1.82, 2.24) is 5.32 Å². The molecule has 0 spiro atoms. The molecule has 55 heavy (non-hydrogen) atoms. The molecule has 5 heteroatoms. The van der Waals surface area contributed by atoms with Gasteiger partial charge in [-0.05, 0) is 44.9 Å². The first-order chi connectivity index (χ1) is 27.0. The lowest BCUT2D eigenvalue weighted by molar-refractivity contribution is -0.124. The number of carbonyl (C=O) groups excluding carboxylic acids is 1. The summed E-state index contributed by atoms with van der Waals surface area (Å²) in [6.45, 7) is 4.22. The van der Waals surface area contributed by atoms with Crippen LogP contribution in [0.25, 0.3) is 0 Å². The lowest BCUT2D eigenvalue weighted by Crippen LogP contribution is -2.45. The molecule has 1 amide bonds. The fourth-order valence-electron chi connectivity index (χ4n) is 7.69. The van der Waals surface area contributed by atoms with Crippen molar-refractivity contribution in [2.45, 2.75) is 283 Å². The molecular weight excluding hydrogens is 679 g/mol. The summed E-state index contributed by atoms with van der Waals surface area (Å²) in [5.41, 5.74) is 0.